The molecule has 3 saturated heterocycles. The van der Waals surface area contributed by atoms with Crippen molar-refractivity contribution in [1.82, 2.24) is 5.32 Å². The van der Waals surface area contributed by atoms with E-state index in [0.717, 1.165) is 44.9 Å². The van der Waals surface area contributed by atoms with Crippen LogP contribution in [0, 0.1) is 0 Å². The maximum atomic E-state index is 13.4. The zero-order chi connectivity index (χ0) is 61.9. The SMILES string of the molecule is CCCCCCCCCCCCCCCCCCCCCCCCCC(=O)NC(COC1OC(CO)C(OC2OC(CO)C(OC3OC(CO)C(O)C(O)C3O)C(O)C2O)C(O)C1O)C(O)CCCCCCCCCCCCCCCCCCC. The first-order valence-corrected chi connectivity index (χ1v) is 34.8. The fourth-order valence-electron chi connectivity index (χ4n) is 12.3. The number of unbranched alkanes of at least 4 members (excludes halogenated alkanes) is 38. The van der Waals surface area contributed by atoms with Gasteiger partial charge in [-0.3, -0.25) is 4.79 Å². The molecule has 3 rings (SSSR count). The second kappa shape index (κ2) is 49.5. The van der Waals surface area contributed by atoms with Crippen LogP contribution in [0.2, 0.25) is 0 Å². The quantitative estimate of drug-likeness (QED) is 0.0253. The van der Waals surface area contributed by atoms with Crippen molar-refractivity contribution in [1.29, 1.82) is 0 Å². The first-order valence-electron chi connectivity index (χ1n) is 34.8. The molecule has 0 aliphatic carbocycles. The van der Waals surface area contributed by atoms with E-state index in [4.69, 9.17) is 28.4 Å². The average molecular weight is 1220 g/mol. The van der Waals surface area contributed by atoms with Crippen molar-refractivity contribution < 1.29 is 89.4 Å². The highest BCUT2D eigenvalue weighted by Gasteiger charge is 2.53. The van der Waals surface area contributed by atoms with E-state index in [1.807, 2.05) is 0 Å². The van der Waals surface area contributed by atoms with Gasteiger partial charge in [0.25, 0.3) is 0 Å². The van der Waals surface area contributed by atoms with Crippen LogP contribution in [-0.2, 0) is 33.2 Å². The number of hydrogen-bond acceptors (Lipinski definition) is 18. The second-order valence-electron chi connectivity index (χ2n) is 25.4. The van der Waals surface area contributed by atoms with Gasteiger partial charge in [0.05, 0.1) is 38.6 Å². The fraction of sp³-hybridized carbons (Fsp3) is 0.985. The van der Waals surface area contributed by atoms with Gasteiger partial charge in [-0.2, -0.15) is 0 Å². The van der Waals surface area contributed by atoms with Gasteiger partial charge in [0.2, 0.25) is 5.91 Å². The molecule has 1 amide bonds. The van der Waals surface area contributed by atoms with Crippen LogP contribution in [0.5, 0.6) is 0 Å². The third-order valence-electron chi connectivity index (χ3n) is 17.9. The Hall–Kier alpha value is -1.21. The molecule has 17 atom stereocenters. The molecular weight excluding hydrogens is 1090 g/mol. The third kappa shape index (κ3) is 32.1. The predicted octanol–water partition coefficient (Wildman–Crippen LogP) is 8.72. The molecule has 0 aromatic heterocycles. The van der Waals surface area contributed by atoms with Gasteiger partial charge >= 0.3 is 0 Å². The smallest absolute Gasteiger partial charge is 0.220 e. The zero-order valence-corrected chi connectivity index (χ0v) is 53.1. The van der Waals surface area contributed by atoms with Gasteiger partial charge in [-0.25, -0.2) is 0 Å². The van der Waals surface area contributed by atoms with Crippen LogP contribution >= 0.6 is 0 Å². The largest absolute Gasteiger partial charge is 0.394 e. The van der Waals surface area contributed by atoms with E-state index in [1.54, 1.807) is 0 Å². The molecule has 0 spiro atoms. The molecule has 3 aliphatic heterocycles. The van der Waals surface area contributed by atoms with Crippen LogP contribution in [0.3, 0.4) is 0 Å². The number of amides is 1. The summed E-state index contributed by atoms with van der Waals surface area (Å²) >= 11 is 0. The normalized spacial score (nSPS) is 28.9. The molecule has 3 heterocycles. The summed E-state index contributed by atoms with van der Waals surface area (Å²) in [6.45, 7) is 1.84. The Morgan fingerprint density at radius 2 is 0.671 bits per heavy atom. The molecule has 0 aromatic carbocycles. The van der Waals surface area contributed by atoms with Crippen molar-refractivity contribution in [2.75, 3.05) is 26.4 Å². The van der Waals surface area contributed by atoms with Crippen LogP contribution in [0.1, 0.15) is 284 Å². The van der Waals surface area contributed by atoms with Crippen molar-refractivity contribution in [2.45, 2.75) is 388 Å². The number of ether oxygens (including phenoxy) is 6. The molecule has 19 heteroatoms. The summed E-state index contributed by atoms with van der Waals surface area (Å²) in [4.78, 5) is 13.4. The minimum absolute atomic E-state index is 0.236. The number of nitrogens with one attached hydrogen (secondary N) is 1. The number of carbonyl (C=O) groups is 1. The molecule has 504 valence electrons. The summed E-state index contributed by atoms with van der Waals surface area (Å²) in [7, 11) is 0. The summed E-state index contributed by atoms with van der Waals surface area (Å²) in [5.41, 5.74) is 0. The molecule has 0 radical (unpaired) electrons. The Morgan fingerprint density at radius 1 is 0.376 bits per heavy atom. The molecule has 0 aromatic rings. The lowest BCUT2D eigenvalue weighted by atomic mass is 9.96. The maximum Gasteiger partial charge on any atom is 0.220 e. The lowest BCUT2D eigenvalue weighted by molar-refractivity contribution is -0.379. The van der Waals surface area contributed by atoms with Crippen LogP contribution in [-0.4, -0.2) is 193 Å². The van der Waals surface area contributed by atoms with E-state index in [-0.39, 0.29) is 18.9 Å². The van der Waals surface area contributed by atoms with Gasteiger partial charge < -0.3 is 89.9 Å². The lowest BCUT2D eigenvalue weighted by Crippen LogP contribution is -2.66. The van der Waals surface area contributed by atoms with Crippen molar-refractivity contribution >= 4 is 5.91 Å². The van der Waals surface area contributed by atoms with Gasteiger partial charge in [-0.05, 0) is 12.8 Å². The van der Waals surface area contributed by atoms with E-state index in [9.17, 15) is 61.0 Å². The third-order valence-corrected chi connectivity index (χ3v) is 17.9. The Bertz CT molecular complexity index is 1550. The summed E-state index contributed by atoms with van der Waals surface area (Å²) in [6, 6.07) is -0.881. The van der Waals surface area contributed by atoms with E-state index in [0.29, 0.717) is 12.8 Å². The van der Waals surface area contributed by atoms with E-state index >= 15 is 0 Å². The van der Waals surface area contributed by atoms with Gasteiger partial charge in [0, 0.05) is 6.42 Å². The Kier molecular flexibility index (Phi) is 45.4. The first-order chi connectivity index (χ1) is 41.3. The molecular formula is C66H127NO18. The monoisotopic (exact) mass is 1220 g/mol. The van der Waals surface area contributed by atoms with E-state index in [2.05, 4.69) is 19.2 Å². The topological polar surface area (TPSA) is 307 Å². The van der Waals surface area contributed by atoms with E-state index in [1.165, 1.54) is 205 Å². The number of aliphatic hydroxyl groups is 11. The number of aliphatic hydroxyl groups excluding tert-OH is 11. The van der Waals surface area contributed by atoms with Gasteiger partial charge in [0.15, 0.2) is 18.9 Å². The van der Waals surface area contributed by atoms with Crippen molar-refractivity contribution in [3.8, 4) is 0 Å². The molecule has 3 fully saturated rings. The van der Waals surface area contributed by atoms with Crippen molar-refractivity contribution in [2.24, 2.45) is 0 Å². The Balaban J connectivity index is 1.43. The average Bonchev–Trinajstić information content (AvgIpc) is 3.64. The Labute approximate surface area is 513 Å². The molecule has 0 saturated carbocycles. The minimum atomic E-state index is -1.97. The molecule has 3 aliphatic rings. The van der Waals surface area contributed by atoms with Crippen LogP contribution < -0.4 is 5.32 Å². The van der Waals surface area contributed by atoms with Crippen LogP contribution in [0.4, 0.5) is 0 Å². The van der Waals surface area contributed by atoms with Gasteiger partial charge in [0.1, 0.15) is 73.2 Å². The van der Waals surface area contributed by atoms with E-state index < -0.39 is 124 Å². The summed E-state index contributed by atoms with van der Waals surface area (Å²) in [5, 5.41) is 121. The summed E-state index contributed by atoms with van der Waals surface area (Å²) < 4.78 is 34.4. The number of carbonyl (C=O) groups excluding carboxylic acids is 1. The number of rotatable bonds is 54. The van der Waals surface area contributed by atoms with Crippen LogP contribution in [0.25, 0.3) is 0 Å². The summed E-state index contributed by atoms with van der Waals surface area (Å²) in [5.74, 6) is -0.236. The second-order valence-corrected chi connectivity index (χ2v) is 25.4. The number of hydrogen-bond donors (Lipinski definition) is 12. The molecule has 17 unspecified atom stereocenters. The van der Waals surface area contributed by atoms with Crippen LogP contribution in [0.15, 0.2) is 0 Å². The zero-order valence-electron chi connectivity index (χ0n) is 53.1. The highest BCUT2D eigenvalue weighted by atomic mass is 16.8. The maximum absolute atomic E-state index is 13.4. The lowest BCUT2D eigenvalue weighted by Gasteiger charge is -2.48. The minimum Gasteiger partial charge on any atom is -0.394 e. The Morgan fingerprint density at radius 3 is 1.02 bits per heavy atom. The van der Waals surface area contributed by atoms with Crippen molar-refractivity contribution in [3.63, 3.8) is 0 Å². The molecule has 12 N–H and O–H groups in total. The summed E-state index contributed by atoms with van der Waals surface area (Å²) in [6.07, 6.45) is 24.6. The predicted molar refractivity (Wildman–Crippen MR) is 328 cm³/mol. The van der Waals surface area contributed by atoms with Crippen molar-refractivity contribution in [3.05, 3.63) is 0 Å². The molecule has 0 bridgehead atoms. The highest BCUT2D eigenvalue weighted by molar-refractivity contribution is 5.76. The standard InChI is InChI=1S/C66H127NO18/c1-3-5-7-9-11-13-15-17-19-21-22-23-24-25-26-28-30-32-34-36-38-40-42-44-54(72)67-49(50(71)43-41-39-37-35-33-31-29-27-20-18-16-14-12-10-8-6-4-2)48-80-64-60(78)57(75)62(52(46-69)82-64)85-66-61(79)58(76)63(53(47-70)83-66)84-65-59(77)56(74)55(73)51(45-68)81-65/h49-53,55-66,68-71,73-79H,3-48H2,1-2H3,(H,67,72). The highest BCUT2D eigenvalue weighted by Crippen LogP contribution is 2.33. The van der Waals surface area contributed by atoms with Gasteiger partial charge in [-0.15, -0.1) is 0 Å². The molecule has 85 heavy (non-hydrogen) atoms. The fourth-order valence-corrected chi connectivity index (χ4v) is 12.3. The van der Waals surface area contributed by atoms with Gasteiger partial charge in [-0.1, -0.05) is 264 Å². The first kappa shape index (κ1) is 78.0. The molecule has 19 nitrogen and oxygen atoms in total.